The maximum atomic E-state index is 11.9. The van der Waals surface area contributed by atoms with Crippen molar-refractivity contribution in [3.05, 3.63) is 65.0 Å². The molecule has 32 heavy (non-hydrogen) atoms. The Morgan fingerprint density at radius 3 is 2.69 bits per heavy atom. The molecule has 4 heterocycles. The molecule has 2 aliphatic heterocycles. The first kappa shape index (κ1) is 20.8. The number of thioether (sulfide) groups is 1. The van der Waals surface area contributed by atoms with Crippen LogP contribution in [0.2, 0.25) is 0 Å². The number of fused-ring (bicyclic) bond motifs is 1. The van der Waals surface area contributed by atoms with Crippen LogP contribution in [0.5, 0.6) is 0 Å². The van der Waals surface area contributed by atoms with Gasteiger partial charge in [-0.25, -0.2) is 9.97 Å². The van der Waals surface area contributed by atoms with Gasteiger partial charge < -0.3 is 4.90 Å². The predicted octanol–water partition coefficient (Wildman–Crippen LogP) is 4.45. The quantitative estimate of drug-likeness (QED) is 0.425. The van der Waals surface area contributed by atoms with Crippen LogP contribution >= 0.6 is 11.8 Å². The number of anilines is 1. The van der Waals surface area contributed by atoms with Gasteiger partial charge in [0.1, 0.15) is 0 Å². The average molecular weight is 445 g/mol. The van der Waals surface area contributed by atoms with Crippen LogP contribution in [0.4, 0.5) is 5.95 Å². The van der Waals surface area contributed by atoms with E-state index in [0.717, 1.165) is 61.7 Å². The van der Waals surface area contributed by atoms with E-state index in [2.05, 4.69) is 39.1 Å². The van der Waals surface area contributed by atoms with E-state index >= 15 is 0 Å². The van der Waals surface area contributed by atoms with Gasteiger partial charge in [0, 0.05) is 30.4 Å². The number of rotatable bonds is 5. The zero-order valence-corrected chi connectivity index (χ0v) is 18.6. The third-order valence-corrected chi connectivity index (χ3v) is 7.05. The number of carbonyl (C=O) groups is 2. The maximum Gasteiger partial charge on any atom is 0.225 e. The number of nitrogens with zero attached hydrogens (tertiary/aromatic N) is 4. The van der Waals surface area contributed by atoms with Gasteiger partial charge >= 0.3 is 0 Å². The molecule has 6 nitrogen and oxygen atoms in total. The van der Waals surface area contributed by atoms with Crippen LogP contribution in [0.3, 0.4) is 0 Å². The number of benzene rings is 1. The minimum absolute atomic E-state index is 0.0172. The van der Waals surface area contributed by atoms with E-state index in [0.29, 0.717) is 22.5 Å². The zero-order valence-electron chi connectivity index (χ0n) is 17.7. The highest BCUT2D eigenvalue weighted by Crippen LogP contribution is 2.31. The van der Waals surface area contributed by atoms with E-state index in [4.69, 9.17) is 4.98 Å². The lowest BCUT2D eigenvalue weighted by Crippen LogP contribution is -2.35. The molecule has 0 saturated carbocycles. The maximum absolute atomic E-state index is 11.9. The molecule has 1 aromatic carbocycles. The number of pyridine rings is 1. The molecule has 0 N–H and O–H groups in total. The Balaban J connectivity index is 1.17. The van der Waals surface area contributed by atoms with Crippen molar-refractivity contribution in [3.8, 4) is 0 Å². The van der Waals surface area contributed by atoms with Crippen molar-refractivity contribution < 1.29 is 9.59 Å². The van der Waals surface area contributed by atoms with Gasteiger partial charge in [0.05, 0.1) is 22.5 Å². The second-order valence-corrected chi connectivity index (χ2v) is 9.43. The fraction of sp³-hybridized carbons (Fsp3) is 0.320. The van der Waals surface area contributed by atoms with E-state index in [1.54, 1.807) is 18.3 Å². The number of aromatic nitrogens is 3. The Kier molecular flexibility index (Phi) is 5.99. The molecule has 2 aliphatic rings. The lowest BCUT2D eigenvalue weighted by molar-refractivity contribution is -0.119. The number of aryl methyl sites for hydroxylation is 1. The van der Waals surface area contributed by atoms with Crippen molar-refractivity contribution in [1.29, 1.82) is 0 Å². The molecule has 0 atom stereocenters. The minimum Gasteiger partial charge on any atom is -0.341 e. The van der Waals surface area contributed by atoms with Crippen molar-refractivity contribution in [2.45, 2.75) is 32.1 Å². The molecule has 3 aromatic rings. The zero-order chi connectivity index (χ0) is 21.9. The molecule has 0 bridgehead atoms. The number of para-hydroxylation sites is 1. The third kappa shape index (κ3) is 4.72. The van der Waals surface area contributed by atoms with Crippen LogP contribution in [0.15, 0.2) is 53.6 Å². The van der Waals surface area contributed by atoms with E-state index in [-0.39, 0.29) is 17.3 Å². The Morgan fingerprint density at radius 1 is 1.03 bits per heavy atom. The van der Waals surface area contributed by atoms with E-state index < -0.39 is 0 Å². The van der Waals surface area contributed by atoms with E-state index in [1.165, 1.54) is 5.39 Å². The summed E-state index contributed by atoms with van der Waals surface area (Å²) >= 11 is 1.01. The summed E-state index contributed by atoms with van der Waals surface area (Å²) in [6, 6.07) is 14.3. The molecule has 0 spiro atoms. The van der Waals surface area contributed by atoms with E-state index in [1.807, 2.05) is 12.1 Å². The highest BCUT2D eigenvalue weighted by Gasteiger charge is 2.26. The Bertz CT molecular complexity index is 1200. The normalized spacial score (nSPS) is 18.8. The third-order valence-electron chi connectivity index (χ3n) is 6.11. The second-order valence-electron chi connectivity index (χ2n) is 8.33. The average Bonchev–Trinajstić information content (AvgIpc) is 3.14. The lowest BCUT2D eigenvalue weighted by atomic mass is 9.91. The topological polar surface area (TPSA) is 76.1 Å². The molecule has 7 heteroatoms. The largest absolute Gasteiger partial charge is 0.341 e. The van der Waals surface area contributed by atoms with Crippen molar-refractivity contribution in [2.24, 2.45) is 5.92 Å². The van der Waals surface area contributed by atoms with Crippen molar-refractivity contribution >= 4 is 45.6 Å². The van der Waals surface area contributed by atoms with Gasteiger partial charge in [-0.3, -0.25) is 14.6 Å². The molecule has 2 aromatic heterocycles. The Labute approximate surface area is 191 Å². The number of carbonyl (C=O) groups excluding carboxylic acids is 2. The molecule has 0 unspecified atom stereocenters. The van der Waals surface area contributed by atoms with Crippen LogP contribution in [0.1, 0.15) is 37.1 Å². The summed E-state index contributed by atoms with van der Waals surface area (Å²) in [5, 5.41) is 1.08. The van der Waals surface area contributed by atoms with Gasteiger partial charge in [0.15, 0.2) is 5.78 Å². The van der Waals surface area contributed by atoms with Crippen LogP contribution < -0.4 is 4.90 Å². The van der Waals surface area contributed by atoms with Crippen molar-refractivity contribution in [1.82, 2.24) is 15.0 Å². The molecule has 162 valence electrons. The molecule has 0 radical (unpaired) electrons. The Hall–Kier alpha value is -3.06. The first-order valence-corrected chi connectivity index (χ1v) is 11.8. The summed E-state index contributed by atoms with van der Waals surface area (Å²) in [6.45, 7) is 1.84. The molecule has 2 fully saturated rings. The molecule has 0 amide bonds. The fourth-order valence-corrected chi connectivity index (χ4v) is 5.11. The van der Waals surface area contributed by atoms with E-state index in [9.17, 15) is 9.59 Å². The SMILES string of the molecule is O=C1CC(=O)/C(=C/c2ccnc(N3CCC(CCc4ccc5ccccc5n4)CC3)n2)S1. The first-order chi connectivity index (χ1) is 15.6. The molecular formula is C25H24N4O2S. The highest BCUT2D eigenvalue weighted by atomic mass is 32.2. The summed E-state index contributed by atoms with van der Waals surface area (Å²) in [5.41, 5.74) is 2.90. The number of ketones is 1. The number of hydrogen-bond acceptors (Lipinski definition) is 7. The monoisotopic (exact) mass is 444 g/mol. The van der Waals surface area contributed by atoms with Crippen LogP contribution in [-0.4, -0.2) is 38.9 Å². The standard InChI is InChI=1S/C25H24N4O2S/c30-22-16-24(31)32-23(22)15-20-9-12-26-25(28-20)29-13-10-17(11-14-29)5-7-19-8-6-18-3-1-2-4-21(18)27-19/h1-4,6,8-9,12,15,17H,5,7,10-11,13-14,16H2/b23-15-. The minimum atomic E-state index is -0.123. The molecular weight excluding hydrogens is 420 g/mol. The van der Waals surface area contributed by atoms with Crippen LogP contribution in [0, 0.1) is 5.92 Å². The number of piperidine rings is 1. The van der Waals surface area contributed by atoms with Gasteiger partial charge in [-0.05, 0) is 67.6 Å². The van der Waals surface area contributed by atoms with Gasteiger partial charge in [-0.15, -0.1) is 0 Å². The van der Waals surface area contributed by atoms with Gasteiger partial charge in [0.25, 0.3) is 0 Å². The van der Waals surface area contributed by atoms with Gasteiger partial charge in [-0.1, -0.05) is 24.3 Å². The van der Waals surface area contributed by atoms with Crippen LogP contribution in [0.25, 0.3) is 17.0 Å². The van der Waals surface area contributed by atoms with Crippen molar-refractivity contribution in [3.63, 3.8) is 0 Å². The molecule has 0 aliphatic carbocycles. The van der Waals surface area contributed by atoms with Crippen molar-refractivity contribution in [2.75, 3.05) is 18.0 Å². The smallest absolute Gasteiger partial charge is 0.225 e. The summed E-state index contributed by atoms with van der Waals surface area (Å²) < 4.78 is 0. The summed E-state index contributed by atoms with van der Waals surface area (Å²) in [7, 11) is 0. The summed E-state index contributed by atoms with van der Waals surface area (Å²) in [5.74, 6) is 1.24. The van der Waals surface area contributed by atoms with Gasteiger partial charge in [0.2, 0.25) is 11.1 Å². The first-order valence-electron chi connectivity index (χ1n) is 11.0. The number of Topliss-reactive ketones (excluding diaryl/α,β-unsaturated/α-hetero) is 1. The molecule has 2 saturated heterocycles. The molecule has 5 rings (SSSR count). The summed E-state index contributed by atoms with van der Waals surface area (Å²) in [6.07, 6.45) is 7.75. The summed E-state index contributed by atoms with van der Waals surface area (Å²) in [4.78, 5) is 39.9. The lowest BCUT2D eigenvalue weighted by Gasteiger charge is -2.32. The highest BCUT2D eigenvalue weighted by molar-refractivity contribution is 8.18. The fourth-order valence-electron chi connectivity index (χ4n) is 4.29. The predicted molar refractivity (Wildman–Crippen MR) is 127 cm³/mol. The second kappa shape index (κ2) is 9.20. The number of allylic oxidation sites excluding steroid dienone is 1. The number of hydrogen-bond donors (Lipinski definition) is 0. The van der Waals surface area contributed by atoms with Gasteiger partial charge in [-0.2, -0.15) is 0 Å². The van der Waals surface area contributed by atoms with Crippen LogP contribution in [-0.2, 0) is 16.0 Å². The Morgan fingerprint density at radius 2 is 1.88 bits per heavy atom.